The lowest BCUT2D eigenvalue weighted by Gasteiger charge is -2.27. The summed E-state index contributed by atoms with van der Waals surface area (Å²) in [4.78, 5) is 4.36. The van der Waals surface area contributed by atoms with E-state index in [1.54, 1.807) is 6.20 Å². The van der Waals surface area contributed by atoms with E-state index >= 15 is 0 Å². The van der Waals surface area contributed by atoms with E-state index in [9.17, 15) is 5.11 Å². The molecule has 1 aliphatic heterocycles. The Morgan fingerprint density at radius 3 is 3.00 bits per heavy atom. The maximum absolute atomic E-state index is 10.4. The third kappa shape index (κ3) is 1.68. The molecule has 6 heteroatoms. The molecule has 0 saturated heterocycles. The second kappa shape index (κ2) is 4.07. The van der Waals surface area contributed by atoms with Gasteiger partial charge in [0.2, 0.25) is 0 Å². The maximum Gasteiger partial charge on any atom is 0.131 e. The van der Waals surface area contributed by atoms with Crippen molar-refractivity contribution < 1.29 is 5.11 Å². The van der Waals surface area contributed by atoms with Crippen molar-refractivity contribution in [2.24, 2.45) is 5.73 Å². The fourth-order valence-corrected chi connectivity index (χ4v) is 3.88. The van der Waals surface area contributed by atoms with Crippen molar-refractivity contribution in [2.45, 2.75) is 30.3 Å². The van der Waals surface area contributed by atoms with Crippen LogP contribution in [0.3, 0.4) is 0 Å². The van der Waals surface area contributed by atoms with Crippen LogP contribution in [0.4, 0.5) is 5.82 Å². The number of pyridine rings is 1. The number of fused-ring (bicyclic) bond motifs is 2. The molecule has 18 heavy (non-hydrogen) atoms. The van der Waals surface area contributed by atoms with Gasteiger partial charge >= 0.3 is 0 Å². The van der Waals surface area contributed by atoms with Crippen LogP contribution in [-0.2, 0) is 5.41 Å². The second-order valence-corrected chi connectivity index (χ2v) is 6.62. The molecule has 2 aliphatic rings. The first kappa shape index (κ1) is 12.7. The normalized spacial score (nSPS) is 33.8. The highest BCUT2D eigenvalue weighted by Crippen LogP contribution is 2.53. The molecular weight excluding hydrogens is 318 g/mol. The van der Waals surface area contributed by atoms with Crippen molar-refractivity contribution in [2.75, 3.05) is 18.4 Å². The highest BCUT2D eigenvalue weighted by atomic mass is 79.9. The summed E-state index contributed by atoms with van der Waals surface area (Å²) in [5, 5.41) is 14.4. The van der Waals surface area contributed by atoms with Crippen LogP contribution in [0.5, 0.6) is 0 Å². The summed E-state index contributed by atoms with van der Waals surface area (Å²) in [5.74, 6) is 0.837. The molecule has 0 radical (unpaired) electrons. The zero-order valence-electron chi connectivity index (χ0n) is 9.84. The molecule has 1 spiro atoms. The lowest BCUT2D eigenvalue weighted by molar-refractivity contribution is 0.0510. The van der Waals surface area contributed by atoms with Crippen molar-refractivity contribution in [3.05, 3.63) is 21.3 Å². The Morgan fingerprint density at radius 2 is 2.33 bits per heavy atom. The van der Waals surface area contributed by atoms with Crippen molar-refractivity contribution in [1.82, 2.24) is 4.98 Å². The number of aromatic nitrogens is 1. The van der Waals surface area contributed by atoms with Crippen molar-refractivity contribution in [1.29, 1.82) is 0 Å². The van der Waals surface area contributed by atoms with Gasteiger partial charge in [0.1, 0.15) is 5.82 Å². The lowest BCUT2D eigenvalue weighted by Crippen LogP contribution is -2.38. The largest absolute Gasteiger partial charge is 0.389 e. The highest BCUT2D eigenvalue weighted by Gasteiger charge is 2.52. The van der Waals surface area contributed by atoms with Crippen molar-refractivity contribution in [3.8, 4) is 0 Å². The average Bonchev–Trinajstić information content (AvgIpc) is 2.88. The predicted octanol–water partition coefficient (Wildman–Crippen LogP) is 2.03. The Bertz CT molecular complexity index is 512. The molecule has 4 nitrogen and oxygen atoms in total. The molecule has 1 fully saturated rings. The quantitative estimate of drug-likeness (QED) is 0.736. The zero-order valence-corrected chi connectivity index (χ0v) is 12.2. The third-order valence-corrected chi connectivity index (χ3v) is 5.44. The molecule has 4 N–H and O–H groups in total. The Balaban J connectivity index is 2.08. The fourth-order valence-electron chi connectivity index (χ4n) is 3.24. The monoisotopic (exact) mass is 331 g/mol. The van der Waals surface area contributed by atoms with E-state index in [4.69, 9.17) is 17.3 Å². The number of anilines is 1. The molecule has 2 heterocycles. The molecule has 0 aromatic carbocycles. The summed E-state index contributed by atoms with van der Waals surface area (Å²) < 4.78 is 0.800. The van der Waals surface area contributed by atoms with Gasteiger partial charge in [-0.25, -0.2) is 4.98 Å². The first-order valence-corrected chi connectivity index (χ1v) is 7.18. The van der Waals surface area contributed by atoms with Gasteiger partial charge in [-0.05, 0) is 35.2 Å². The van der Waals surface area contributed by atoms with E-state index in [0.717, 1.165) is 28.8 Å². The van der Waals surface area contributed by atoms with E-state index in [1.165, 1.54) is 0 Å². The zero-order chi connectivity index (χ0) is 13.0. The number of nitrogens with zero attached hydrogens (tertiary/aromatic N) is 1. The minimum absolute atomic E-state index is 0.128. The number of nitrogens with two attached hydrogens (primary N) is 1. The smallest absolute Gasteiger partial charge is 0.131 e. The number of hydrogen-bond donors (Lipinski definition) is 3. The molecule has 2 atom stereocenters. The number of nitrogens with one attached hydrogen (secondary N) is 1. The van der Waals surface area contributed by atoms with E-state index in [0.29, 0.717) is 24.4 Å². The minimum Gasteiger partial charge on any atom is -0.389 e. The Kier molecular flexibility index (Phi) is 2.86. The van der Waals surface area contributed by atoms with Crippen LogP contribution in [0.2, 0.25) is 5.02 Å². The van der Waals surface area contributed by atoms with Crippen LogP contribution < -0.4 is 11.1 Å². The van der Waals surface area contributed by atoms with Gasteiger partial charge < -0.3 is 16.2 Å². The molecule has 0 unspecified atom stereocenters. The number of halogens is 2. The van der Waals surface area contributed by atoms with Crippen molar-refractivity contribution >= 4 is 33.3 Å². The summed E-state index contributed by atoms with van der Waals surface area (Å²) >= 11 is 9.82. The molecule has 0 amide bonds. The van der Waals surface area contributed by atoms with Gasteiger partial charge in [0, 0.05) is 30.3 Å². The number of aliphatic hydroxyl groups is 1. The molecule has 1 saturated carbocycles. The molecular formula is C12H15BrClN3O. The minimum atomic E-state index is -0.769. The lowest BCUT2D eigenvalue weighted by atomic mass is 9.80. The summed E-state index contributed by atoms with van der Waals surface area (Å²) in [6.45, 7) is 1.07. The van der Waals surface area contributed by atoms with Gasteiger partial charge in [0.05, 0.1) is 15.1 Å². The van der Waals surface area contributed by atoms with Crippen LogP contribution >= 0.6 is 27.5 Å². The van der Waals surface area contributed by atoms with Crippen LogP contribution in [0.25, 0.3) is 0 Å². The summed E-state index contributed by atoms with van der Waals surface area (Å²) in [7, 11) is 0. The van der Waals surface area contributed by atoms with Crippen LogP contribution in [0, 0.1) is 0 Å². The Morgan fingerprint density at radius 1 is 1.56 bits per heavy atom. The Hall–Kier alpha value is -0.360. The first-order valence-electron chi connectivity index (χ1n) is 6.01. The van der Waals surface area contributed by atoms with Gasteiger partial charge in [-0.3, -0.25) is 0 Å². The predicted molar refractivity (Wildman–Crippen MR) is 75.0 cm³/mol. The summed E-state index contributed by atoms with van der Waals surface area (Å²) in [6.07, 6.45) is 3.96. The van der Waals surface area contributed by atoms with Crippen molar-refractivity contribution in [3.63, 3.8) is 0 Å². The molecule has 0 bridgehead atoms. The van der Waals surface area contributed by atoms with E-state index in [2.05, 4.69) is 26.2 Å². The van der Waals surface area contributed by atoms with Crippen LogP contribution in [0.15, 0.2) is 10.7 Å². The molecule has 98 valence electrons. The van der Waals surface area contributed by atoms with E-state index in [1.807, 2.05) is 0 Å². The van der Waals surface area contributed by atoms with Gasteiger partial charge in [0.15, 0.2) is 0 Å². The maximum atomic E-state index is 10.4. The highest BCUT2D eigenvalue weighted by molar-refractivity contribution is 9.10. The summed E-state index contributed by atoms with van der Waals surface area (Å²) in [6, 6.07) is 0. The van der Waals surface area contributed by atoms with Gasteiger partial charge in [-0.2, -0.15) is 0 Å². The summed E-state index contributed by atoms with van der Waals surface area (Å²) in [5.41, 5.74) is 5.81. The SMILES string of the molecule is NC[C@]1(O)CC[C@@]2(CNc3ncc(Br)c(Cl)c32)C1. The number of rotatable bonds is 1. The van der Waals surface area contributed by atoms with Crippen LogP contribution in [-0.4, -0.2) is 28.8 Å². The second-order valence-electron chi connectivity index (χ2n) is 5.38. The van der Waals surface area contributed by atoms with Gasteiger partial charge in [-0.1, -0.05) is 11.6 Å². The molecule has 1 aliphatic carbocycles. The molecule has 1 aromatic rings. The van der Waals surface area contributed by atoms with Crippen LogP contribution in [0.1, 0.15) is 24.8 Å². The number of hydrogen-bond acceptors (Lipinski definition) is 4. The average molecular weight is 333 g/mol. The standard InChI is InChI=1S/C12H15BrClN3O/c13-7-3-16-10-8(9(7)14)11(6-17-10)1-2-12(18,4-11)5-15/h3,18H,1-2,4-6,15H2,(H,16,17)/t11-,12-/m0/s1. The van der Waals surface area contributed by atoms with E-state index < -0.39 is 5.60 Å². The topological polar surface area (TPSA) is 71.2 Å². The molecule has 3 rings (SSSR count). The Labute approximate surface area is 119 Å². The van der Waals surface area contributed by atoms with Gasteiger partial charge in [0.25, 0.3) is 0 Å². The third-order valence-electron chi connectivity index (χ3n) is 4.21. The first-order chi connectivity index (χ1) is 8.50. The molecule has 1 aromatic heterocycles. The van der Waals surface area contributed by atoms with Gasteiger partial charge in [-0.15, -0.1) is 0 Å². The van der Waals surface area contributed by atoms with E-state index in [-0.39, 0.29) is 5.41 Å². The fraction of sp³-hybridized carbons (Fsp3) is 0.583.